The first-order valence-electron chi connectivity index (χ1n) is 7.45. The Morgan fingerprint density at radius 1 is 1.21 bits per heavy atom. The van der Waals surface area contributed by atoms with Crippen molar-refractivity contribution in [2.24, 2.45) is 0 Å². The second kappa shape index (κ2) is 6.95. The average Bonchev–Trinajstić information content (AvgIpc) is 3.08. The summed E-state index contributed by atoms with van der Waals surface area (Å²) in [4.78, 5) is 12.4. The molecule has 1 heterocycles. The first-order valence-corrected chi connectivity index (χ1v) is 7.45. The lowest BCUT2D eigenvalue weighted by Gasteiger charge is -2.19. The summed E-state index contributed by atoms with van der Waals surface area (Å²) in [5, 5.41) is 16.2. The van der Waals surface area contributed by atoms with Gasteiger partial charge in [0.1, 0.15) is 11.6 Å². The van der Waals surface area contributed by atoms with Gasteiger partial charge >= 0.3 is 0 Å². The molecular formula is C18H16FN3O2. The number of nitrogens with zero attached hydrogens (tertiary/aromatic N) is 2. The van der Waals surface area contributed by atoms with Crippen molar-refractivity contribution in [1.82, 2.24) is 15.1 Å². The lowest BCUT2D eigenvalue weighted by molar-refractivity contribution is 0.0927. The molecule has 0 saturated heterocycles. The highest BCUT2D eigenvalue weighted by atomic mass is 19.1. The summed E-state index contributed by atoms with van der Waals surface area (Å²) in [6, 6.07) is 14.3. The first kappa shape index (κ1) is 15.7. The topological polar surface area (TPSA) is 67.2 Å². The molecule has 0 aliphatic rings. The molecule has 6 heteroatoms. The van der Waals surface area contributed by atoms with Crippen molar-refractivity contribution in [3.63, 3.8) is 0 Å². The van der Waals surface area contributed by atoms with Crippen molar-refractivity contribution in [2.75, 3.05) is 0 Å². The van der Waals surface area contributed by atoms with Crippen LogP contribution >= 0.6 is 0 Å². The van der Waals surface area contributed by atoms with Crippen LogP contribution in [0.3, 0.4) is 0 Å². The van der Waals surface area contributed by atoms with E-state index in [9.17, 15) is 14.3 Å². The molecule has 0 fully saturated rings. The van der Waals surface area contributed by atoms with E-state index in [2.05, 4.69) is 10.4 Å². The van der Waals surface area contributed by atoms with Crippen LogP contribution in [-0.2, 0) is 6.54 Å². The number of benzene rings is 2. The Morgan fingerprint density at radius 3 is 2.67 bits per heavy atom. The predicted octanol–water partition coefficient (Wildman–Crippen LogP) is 2.90. The van der Waals surface area contributed by atoms with E-state index in [1.54, 1.807) is 23.1 Å². The minimum absolute atomic E-state index is 0.116. The van der Waals surface area contributed by atoms with Gasteiger partial charge < -0.3 is 10.4 Å². The number of halogens is 1. The fourth-order valence-corrected chi connectivity index (χ4v) is 2.44. The van der Waals surface area contributed by atoms with Crippen molar-refractivity contribution in [2.45, 2.75) is 12.6 Å². The molecule has 0 spiro atoms. The van der Waals surface area contributed by atoms with Gasteiger partial charge in [0, 0.05) is 18.5 Å². The smallest absolute Gasteiger partial charge is 0.254 e. The summed E-state index contributed by atoms with van der Waals surface area (Å²) in [6.45, 7) is 0.419. The van der Waals surface area contributed by atoms with Crippen molar-refractivity contribution >= 4 is 5.91 Å². The molecule has 3 aromatic rings. The van der Waals surface area contributed by atoms with Gasteiger partial charge in [-0.3, -0.25) is 9.48 Å². The van der Waals surface area contributed by atoms with Crippen LogP contribution in [0.25, 0.3) is 0 Å². The third-order valence-corrected chi connectivity index (χ3v) is 3.63. The maximum atomic E-state index is 13.9. The molecule has 0 saturated carbocycles. The Hall–Kier alpha value is -3.15. The van der Waals surface area contributed by atoms with Gasteiger partial charge in [0.2, 0.25) is 0 Å². The van der Waals surface area contributed by atoms with E-state index in [1.165, 1.54) is 12.1 Å². The van der Waals surface area contributed by atoms with E-state index < -0.39 is 11.7 Å². The SMILES string of the molecule is O=C(NC(Cn1cccn1)c1ccccc1)c1ccc(O)cc1F. The number of rotatable bonds is 5. The van der Waals surface area contributed by atoms with E-state index in [4.69, 9.17) is 0 Å². The minimum atomic E-state index is -0.765. The van der Waals surface area contributed by atoms with E-state index in [-0.39, 0.29) is 17.4 Å². The van der Waals surface area contributed by atoms with Crippen molar-refractivity contribution in [3.8, 4) is 5.75 Å². The van der Waals surface area contributed by atoms with Crippen LogP contribution in [0, 0.1) is 5.82 Å². The van der Waals surface area contributed by atoms with Crippen LogP contribution in [-0.4, -0.2) is 20.8 Å². The van der Waals surface area contributed by atoms with Gasteiger partial charge in [0.15, 0.2) is 0 Å². The molecular weight excluding hydrogens is 309 g/mol. The second-order valence-electron chi connectivity index (χ2n) is 5.33. The van der Waals surface area contributed by atoms with Gasteiger partial charge in [-0.15, -0.1) is 0 Å². The van der Waals surface area contributed by atoms with Crippen LogP contribution in [0.4, 0.5) is 4.39 Å². The van der Waals surface area contributed by atoms with E-state index in [1.807, 2.05) is 30.3 Å². The van der Waals surface area contributed by atoms with Crippen LogP contribution in [0.1, 0.15) is 22.0 Å². The van der Waals surface area contributed by atoms with Gasteiger partial charge in [0.05, 0.1) is 18.2 Å². The Labute approximate surface area is 138 Å². The zero-order valence-electron chi connectivity index (χ0n) is 12.8. The van der Waals surface area contributed by atoms with Crippen LogP contribution in [0.5, 0.6) is 5.75 Å². The number of carbonyl (C=O) groups is 1. The maximum absolute atomic E-state index is 13.9. The number of phenolic OH excluding ortho intramolecular Hbond substituents is 1. The molecule has 1 atom stereocenters. The van der Waals surface area contributed by atoms with E-state index >= 15 is 0 Å². The standard InChI is InChI=1S/C18H16FN3O2/c19-16-11-14(23)7-8-15(16)18(24)21-17(12-22-10-4-9-20-22)13-5-2-1-3-6-13/h1-11,17,23H,12H2,(H,21,24). The Balaban J connectivity index is 1.84. The first-order chi connectivity index (χ1) is 11.6. The molecule has 24 heavy (non-hydrogen) atoms. The highest BCUT2D eigenvalue weighted by Crippen LogP contribution is 2.18. The number of phenols is 1. The summed E-state index contributed by atoms with van der Waals surface area (Å²) in [6.07, 6.45) is 3.45. The number of nitrogens with one attached hydrogen (secondary N) is 1. The number of hydrogen-bond acceptors (Lipinski definition) is 3. The molecule has 1 aromatic heterocycles. The Kier molecular flexibility index (Phi) is 4.56. The number of aromatic hydroxyl groups is 1. The van der Waals surface area contributed by atoms with Crippen molar-refractivity contribution in [1.29, 1.82) is 0 Å². The molecule has 0 aliphatic heterocycles. The third-order valence-electron chi connectivity index (χ3n) is 3.63. The summed E-state index contributed by atoms with van der Waals surface area (Å²) in [5.74, 6) is -1.54. The number of aromatic nitrogens is 2. The second-order valence-corrected chi connectivity index (χ2v) is 5.33. The molecule has 2 N–H and O–H groups in total. The molecule has 2 aromatic carbocycles. The Bertz CT molecular complexity index is 820. The van der Waals surface area contributed by atoms with E-state index in [0.29, 0.717) is 6.54 Å². The molecule has 3 rings (SSSR count). The van der Waals surface area contributed by atoms with Gasteiger partial charge in [-0.25, -0.2) is 4.39 Å². The molecule has 1 unspecified atom stereocenters. The molecule has 5 nitrogen and oxygen atoms in total. The number of amides is 1. The maximum Gasteiger partial charge on any atom is 0.254 e. The lowest BCUT2D eigenvalue weighted by Crippen LogP contribution is -2.32. The number of hydrogen-bond donors (Lipinski definition) is 2. The summed E-state index contributed by atoms with van der Waals surface area (Å²) < 4.78 is 15.6. The molecule has 122 valence electrons. The van der Waals surface area contributed by atoms with Gasteiger partial charge in [-0.05, 0) is 23.8 Å². The van der Waals surface area contributed by atoms with E-state index in [0.717, 1.165) is 11.6 Å². The molecule has 0 bridgehead atoms. The van der Waals surface area contributed by atoms with Gasteiger partial charge in [-0.1, -0.05) is 30.3 Å². The summed E-state index contributed by atoms with van der Waals surface area (Å²) in [5.41, 5.74) is 0.773. The van der Waals surface area contributed by atoms with Crippen LogP contribution < -0.4 is 5.32 Å². The quantitative estimate of drug-likeness (QED) is 0.758. The Morgan fingerprint density at radius 2 is 2.00 bits per heavy atom. The molecule has 1 amide bonds. The minimum Gasteiger partial charge on any atom is -0.508 e. The fourth-order valence-electron chi connectivity index (χ4n) is 2.44. The van der Waals surface area contributed by atoms with Crippen LogP contribution in [0.15, 0.2) is 67.0 Å². The zero-order valence-corrected chi connectivity index (χ0v) is 12.8. The summed E-state index contributed by atoms with van der Waals surface area (Å²) in [7, 11) is 0. The summed E-state index contributed by atoms with van der Waals surface area (Å²) >= 11 is 0. The zero-order chi connectivity index (χ0) is 16.9. The normalized spacial score (nSPS) is 11.9. The fraction of sp³-hybridized carbons (Fsp3) is 0.111. The van der Waals surface area contributed by atoms with Crippen molar-refractivity contribution in [3.05, 3.63) is 83.9 Å². The largest absolute Gasteiger partial charge is 0.508 e. The van der Waals surface area contributed by atoms with Gasteiger partial charge in [0.25, 0.3) is 5.91 Å². The molecule has 0 radical (unpaired) electrons. The van der Waals surface area contributed by atoms with Gasteiger partial charge in [-0.2, -0.15) is 5.10 Å². The monoisotopic (exact) mass is 325 g/mol. The highest BCUT2D eigenvalue weighted by molar-refractivity contribution is 5.94. The number of carbonyl (C=O) groups excluding carboxylic acids is 1. The van der Waals surface area contributed by atoms with Crippen molar-refractivity contribution < 1.29 is 14.3 Å². The molecule has 0 aliphatic carbocycles. The lowest BCUT2D eigenvalue weighted by atomic mass is 10.1. The predicted molar refractivity (Wildman–Crippen MR) is 86.9 cm³/mol. The third kappa shape index (κ3) is 3.60. The highest BCUT2D eigenvalue weighted by Gasteiger charge is 2.19. The van der Waals surface area contributed by atoms with Crippen LogP contribution in [0.2, 0.25) is 0 Å². The average molecular weight is 325 g/mol.